The summed E-state index contributed by atoms with van der Waals surface area (Å²) in [7, 11) is 0. The Labute approximate surface area is 99.6 Å². The standard InChI is InChI=1S/C14H13NO2/c16-14(15-8-9-15)10-17-13-7-3-5-11-4-1-2-6-12(11)13/h1-7H,8-10H2. The lowest BCUT2D eigenvalue weighted by molar-refractivity contribution is -0.127. The second-order valence-electron chi connectivity index (χ2n) is 4.15. The zero-order valence-corrected chi connectivity index (χ0v) is 9.43. The van der Waals surface area contributed by atoms with Gasteiger partial charge in [-0.15, -0.1) is 0 Å². The highest BCUT2D eigenvalue weighted by Crippen LogP contribution is 2.25. The van der Waals surface area contributed by atoms with E-state index in [9.17, 15) is 4.79 Å². The number of amides is 1. The molecule has 0 aromatic heterocycles. The normalized spacial score (nSPS) is 13.8. The monoisotopic (exact) mass is 227 g/mol. The molecule has 1 fully saturated rings. The Morgan fingerprint density at radius 1 is 1.12 bits per heavy atom. The fraction of sp³-hybridized carbons (Fsp3) is 0.214. The lowest BCUT2D eigenvalue weighted by Crippen LogP contribution is -2.19. The van der Waals surface area contributed by atoms with Crippen molar-refractivity contribution in [3.8, 4) is 5.75 Å². The summed E-state index contributed by atoms with van der Waals surface area (Å²) in [5.74, 6) is 0.844. The Hall–Kier alpha value is -2.03. The second-order valence-corrected chi connectivity index (χ2v) is 4.15. The van der Waals surface area contributed by atoms with Crippen molar-refractivity contribution in [1.82, 2.24) is 4.90 Å². The van der Waals surface area contributed by atoms with Crippen LogP contribution in [0.1, 0.15) is 0 Å². The molecule has 0 spiro atoms. The fourth-order valence-electron chi connectivity index (χ4n) is 1.85. The highest BCUT2D eigenvalue weighted by atomic mass is 16.5. The van der Waals surface area contributed by atoms with E-state index in [-0.39, 0.29) is 12.5 Å². The molecule has 1 heterocycles. The molecule has 0 saturated carbocycles. The van der Waals surface area contributed by atoms with Crippen molar-refractivity contribution < 1.29 is 9.53 Å². The molecule has 0 unspecified atom stereocenters. The second kappa shape index (κ2) is 4.09. The van der Waals surface area contributed by atoms with Crippen molar-refractivity contribution >= 4 is 16.7 Å². The molecule has 3 heteroatoms. The van der Waals surface area contributed by atoms with Gasteiger partial charge in [0, 0.05) is 18.5 Å². The molecule has 2 aromatic carbocycles. The van der Waals surface area contributed by atoms with Crippen molar-refractivity contribution in [2.45, 2.75) is 0 Å². The Morgan fingerprint density at radius 2 is 1.88 bits per heavy atom. The predicted octanol–water partition coefficient (Wildman–Crippen LogP) is 2.06. The SMILES string of the molecule is O=C(COc1cccc2ccccc12)N1CC1. The molecule has 86 valence electrons. The van der Waals surface area contributed by atoms with Crippen LogP contribution in [0.25, 0.3) is 10.8 Å². The molecule has 1 saturated heterocycles. The van der Waals surface area contributed by atoms with E-state index in [4.69, 9.17) is 4.74 Å². The lowest BCUT2D eigenvalue weighted by Gasteiger charge is -2.08. The van der Waals surface area contributed by atoms with Crippen molar-refractivity contribution in [2.24, 2.45) is 0 Å². The minimum Gasteiger partial charge on any atom is -0.483 e. The number of hydrogen-bond donors (Lipinski definition) is 0. The summed E-state index contributed by atoms with van der Waals surface area (Å²) >= 11 is 0. The molecule has 0 N–H and O–H groups in total. The average Bonchev–Trinajstić information content (AvgIpc) is 3.20. The maximum absolute atomic E-state index is 11.5. The molecule has 17 heavy (non-hydrogen) atoms. The largest absolute Gasteiger partial charge is 0.483 e. The number of nitrogens with zero attached hydrogens (tertiary/aromatic N) is 1. The van der Waals surface area contributed by atoms with E-state index in [2.05, 4.69) is 0 Å². The van der Waals surface area contributed by atoms with E-state index < -0.39 is 0 Å². The zero-order chi connectivity index (χ0) is 11.7. The minimum atomic E-state index is 0.0675. The quantitative estimate of drug-likeness (QED) is 0.751. The van der Waals surface area contributed by atoms with Crippen LogP contribution in [0.4, 0.5) is 0 Å². The van der Waals surface area contributed by atoms with Gasteiger partial charge in [0.2, 0.25) is 0 Å². The lowest BCUT2D eigenvalue weighted by atomic mass is 10.1. The smallest absolute Gasteiger partial charge is 0.260 e. The van der Waals surface area contributed by atoms with Crippen LogP contribution in [-0.4, -0.2) is 30.5 Å². The van der Waals surface area contributed by atoms with Gasteiger partial charge in [-0.25, -0.2) is 0 Å². The maximum atomic E-state index is 11.5. The van der Waals surface area contributed by atoms with Gasteiger partial charge >= 0.3 is 0 Å². The molecule has 2 aromatic rings. The third-order valence-corrected chi connectivity index (χ3v) is 2.90. The molecule has 0 atom stereocenters. The summed E-state index contributed by atoms with van der Waals surface area (Å²) in [6, 6.07) is 13.9. The highest BCUT2D eigenvalue weighted by Gasteiger charge is 2.24. The van der Waals surface area contributed by atoms with E-state index >= 15 is 0 Å². The van der Waals surface area contributed by atoms with Gasteiger partial charge in [0.25, 0.3) is 5.91 Å². The van der Waals surface area contributed by atoms with Gasteiger partial charge in [-0.3, -0.25) is 4.79 Å². The zero-order valence-electron chi connectivity index (χ0n) is 9.43. The number of hydrogen-bond acceptors (Lipinski definition) is 2. The summed E-state index contributed by atoms with van der Waals surface area (Å²) in [5.41, 5.74) is 0. The van der Waals surface area contributed by atoms with Gasteiger partial charge in [-0.1, -0.05) is 36.4 Å². The van der Waals surface area contributed by atoms with Crippen molar-refractivity contribution in [3.05, 3.63) is 42.5 Å². The first kappa shape index (κ1) is 10.1. The van der Waals surface area contributed by atoms with Gasteiger partial charge < -0.3 is 9.64 Å². The summed E-state index contributed by atoms with van der Waals surface area (Å²) in [6.07, 6.45) is 0. The first-order valence-corrected chi connectivity index (χ1v) is 5.73. The number of carbonyl (C=O) groups excluding carboxylic acids is 1. The van der Waals surface area contributed by atoms with Gasteiger partial charge in [0.05, 0.1) is 0 Å². The van der Waals surface area contributed by atoms with Crippen LogP contribution in [0.15, 0.2) is 42.5 Å². The number of benzene rings is 2. The van der Waals surface area contributed by atoms with Crippen LogP contribution in [0.3, 0.4) is 0 Å². The number of fused-ring (bicyclic) bond motifs is 1. The van der Waals surface area contributed by atoms with Gasteiger partial charge in [-0.05, 0) is 11.5 Å². The maximum Gasteiger partial charge on any atom is 0.260 e. The third kappa shape index (κ3) is 2.09. The molecule has 1 aliphatic heterocycles. The summed E-state index contributed by atoms with van der Waals surface area (Å²) in [5, 5.41) is 2.18. The van der Waals surface area contributed by atoms with E-state index in [0.29, 0.717) is 0 Å². The van der Waals surface area contributed by atoms with Crippen LogP contribution >= 0.6 is 0 Å². The van der Waals surface area contributed by atoms with Crippen LogP contribution in [0.5, 0.6) is 5.75 Å². The first-order chi connectivity index (χ1) is 8.34. The Morgan fingerprint density at radius 3 is 2.71 bits per heavy atom. The minimum absolute atomic E-state index is 0.0675. The third-order valence-electron chi connectivity index (χ3n) is 2.90. The summed E-state index contributed by atoms with van der Waals surface area (Å²) in [6.45, 7) is 1.88. The number of rotatable bonds is 3. The van der Waals surface area contributed by atoms with Gasteiger partial charge in [0.1, 0.15) is 5.75 Å². The number of carbonyl (C=O) groups is 1. The van der Waals surface area contributed by atoms with E-state index in [1.165, 1.54) is 0 Å². The molecule has 0 bridgehead atoms. The van der Waals surface area contributed by atoms with E-state index in [0.717, 1.165) is 29.6 Å². The van der Waals surface area contributed by atoms with E-state index in [1.54, 1.807) is 4.90 Å². The molecule has 1 amide bonds. The average molecular weight is 227 g/mol. The highest BCUT2D eigenvalue weighted by molar-refractivity contribution is 5.88. The van der Waals surface area contributed by atoms with Crippen molar-refractivity contribution in [2.75, 3.05) is 19.7 Å². The first-order valence-electron chi connectivity index (χ1n) is 5.73. The van der Waals surface area contributed by atoms with Gasteiger partial charge in [-0.2, -0.15) is 0 Å². The summed E-state index contributed by atoms with van der Waals surface area (Å²) in [4.78, 5) is 13.3. The van der Waals surface area contributed by atoms with Crippen LogP contribution in [0, 0.1) is 0 Å². The molecule has 3 nitrogen and oxygen atoms in total. The number of ether oxygens (including phenoxy) is 1. The fourth-order valence-corrected chi connectivity index (χ4v) is 1.85. The van der Waals surface area contributed by atoms with Crippen molar-refractivity contribution in [1.29, 1.82) is 0 Å². The Kier molecular flexibility index (Phi) is 2.44. The van der Waals surface area contributed by atoms with Gasteiger partial charge in [0.15, 0.2) is 6.61 Å². The predicted molar refractivity (Wildman–Crippen MR) is 66.0 cm³/mol. The van der Waals surface area contributed by atoms with Crippen LogP contribution in [0.2, 0.25) is 0 Å². The Balaban J connectivity index is 1.82. The molecule has 1 aliphatic rings. The van der Waals surface area contributed by atoms with E-state index in [1.807, 2.05) is 42.5 Å². The Bertz CT molecular complexity index is 556. The van der Waals surface area contributed by atoms with Crippen LogP contribution in [-0.2, 0) is 4.79 Å². The molecule has 0 radical (unpaired) electrons. The topological polar surface area (TPSA) is 29.3 Å². The molecule has 0 aliphatic carbocycles. The summed E-state index contributed by atoms with van der Waals surface area (Å²) < 4.78 is 5.59. The molecule has 3 rings (SSSR count). The van der Waals surface area contributed by atoms with Crippen molar-refractivity contribution in [3.63, 3.8) is 0 Å². The molecular formula is C14H13NO2. The van der Waals surface area contributed by atoms with Crippen LogP contribution < -0.4 is 4.74 Å². The molecular weight excluding hydrogens is 214 g/mol.